The van der Waals surface area contributed by atoms with Crippen molar-refractivity contribution in [1.82, 2.24) is 4.90 Å². The van der Waals surface area contributed by atoms with Gasteiger partial charge in [0.1, 0.15) is 28.5 Å². The molecule has 34 heavy (non-hydrogen) atoms. The Bertz CT molecular complexity index is 1360. The van der Waals surface area contributed by atoms with Crippen molar-refractivity contribution in [3.8, 4) is 5.75 Å². The molecule has 1 fully saturated rings. The van der Waals surface area contributed by atoms with Crippen molar-refractivity contribution in [2.24, 2.45) is 0 Å². The first-order valence-corrected chi connectivity index (χ1v) is 11.4. The zero-order chi connectivity index (χ0) is 23.8. The van der Waals surface area contributed by atoms with Crippen molar-refractivity contribution < 1.29 is 28.2 Å². The van der Waals surface area contributed by atoms with Crippen molar-refractivity contribution >= 4 is 27.7 Å². The van der Waals surface area contributed by atoms with Crippen LogP contribution in [-0.4, -0.2) is 48.9 Å². The third-order valence-corrected chi connectivity index (χ3v) is 6.39. The first-order chi connectivity index (χ1) is 16.5. The summed E-state index contributed by atoms with van der Waals surface area (Å²) in [6, 6.07) is 13.2. The van der Waals surface area contributed by atoms with Crippen molar-refractivity contribution in [3.05, 3.63) is 76.8 Å². The van der Waals surface area contributed by atoms with E-state index in [0.717, 1.165) is 5.56 Å². The van der Waals surface area contributed by atoms with E-state index in [0.29, 0.717) is 64.9 Å². The van der Waals surface area contributed by atoms with E-state index < -0.39 is 12.0 Å². The SMILES string of the molecule is CCOC(=O)c1c(C)oc2c1c([C@H](c1ccc(F)cc1)N1CCOCC1)c(O)c1ccccc12. The second-order valence-corrected chi connectivity index (χ2v) is 8.37. The van der Waals surface area contributed by atoms with Gasteiger partial charge in [-0.05, 0) is 31.5 Å². The van der Waals surface area contributed by atoms with Crippen LogP contribution in [-0.2, 0) is 9.47 Å². The van der Waals surface area contributed by atoms with Gasteiger partial charge in [-0.2, -0.15) is 0 Å². The highest BCUT2D eigenvalue weighted by atomic mass is 19.1. The van der Waals surface area contributed by atoms with Crippen LogP contribution in [0.15, 0.2) is 52.9 Å². The molecule has 0 unspecified atom stereocenters. The van der Waals surface area contributed by atoms with Crippen LogP contribution in [0.4, 0.5) is 4.39 Å². The third kappa shape index (κ3) is 3.71. The number of phenolic OH excluding ortho intramolecular Hbond substituents is 1. The molecule has 2 heterocycles. The van der Waals surface area contributed by atoms with E-state index in [2.05, 4.69) is 4.90 Å². The van der Waals surface area contributed by atoms with Gasteiger partial charge in [-0.3, -0.25) is 4.90 Å². The molecule has 6 nitrogen and oxygen atoms in total. The number of nitrogens with zero attached hydrogens (tertiary/aromatic N) is 1. The number of rotatable bonds is 5. The van der Waals surface area contributed by atoms with Crippen molar-refractivity contribution in [2.75, 3.05) is 32.9 Å². The Hall–Kier alpha value is -3.42. The maximum Gasteiger partial charge on any atom is 0.342 e. The minimum atomic E-state index is -0.505. The van der Waals surface area contributed by atoms with E-state index in [1.54, 1.807) is 26.0 Å². The first kappa shape index (κ1) is 22.4. The van der Waals surface area contributed by atoms with E-state index in [9.17, 15) is 14.3 Å². The fourth-order valence-electron chi connectivity index (χ4n) is 4.90. The highest BCUT2D eigenvalue weighted by molar-refractivity contribution is 6.16. The summed E-state index contributed by atoms with van der Waals surface area (Å²) in [5.41, 5.74) is 2.16. The zero-order valence-electron chi connectivity index (χ0n) is 19.1. The standard InChI is InChI=1S/C27H26FNO5/c1-3-33-27(31)21-16(2)34-26-20-7-5-4-6-19(20)25(30)23(22(21)26)24(29-12-14-32-15-13-29)17-8-10-18(28)11-9-17/h4-11,24,30H,3,12-15H2,1-2H3/t24-/m0/s1. The Morgan fingerprint density at radius 1 is 1.12 bits per heavy atom. The predicted molar refractivity (Wildman–Crippen MR) is 127 cm³/mol. The van der Waals surface area contributed by atoms with Gasteiger partial charge < -0.3 is 19.0 Å². The predicted octanol–water partition coefficient (Wildman–Crippen LogP) is 5.34. The molecule has 1 saturated heterocycles. The molecule has 1 aromatic heterocycles. The fourth-order valence-corrected chi connectivity index (χ4v) is 4.90. The second-order valence-electron chi connectivity index (χ2n) is 8.37. The van der Waals surface area contributed by atoms with Crippen LogP contribution in [0, 0.1) is 12.7 Å². The number of phenols is 1. The van der Waals surface area contributed by atoms with E-state index in [1.165, 1.54) is 12.1 Å². The number of benzene rings is 3. The molecule has 0 radical (unpaired) electrons. The maximum atomic E-state index is 13.8. The molecule has 1 aliphatic rings. The number of morpholine rings is 1. The number of esters is 1. The number of hydrogen-bond donors (Lipinski definition) is 1. The van der Waals surface area contributed by atoms with Gasteiger partial charge in [-0.15, -0.1) is 0 Å². The number of aromatic hydroxyl groups is 1. The molecule has 0 amide bonds. The maximum absolute atomic E-state index is 13.8. The number of hydrogen-bond acceptors (Lipinski definition) is 6. The molecule has 0 spiro atoms. The van der Waals surface area contributed by atoms with Crippen LogP contribution in [0.1, 0.15) is 40.2 Å². The molecule has 7 heteroatoms. The van der Waals surface area contributed by atoms with Crippen LogP contribution >= 0.6 is 0 Å². The minimum Gasteiger partial charge on any atom is -0.507 e. The number of furan rings is 1. The lowest BCUT2D eigenvalue weighted by molar-refractivity contribution is 0.0238. The average molecular weight is 464 g/mol. The first-order valence-electron chi connectivity index (χ1n) is 11.4. The Kier molecular flexibility index (Phi) is 5.98. The molecular weight excluding hydrogens is 437 g/mol. The summed E-state index contributed by atoms with van der Waals surface area (Å²) in [6.45, 7) is 5.98. The molecule has 0 saturated carbocycles. The average Bonchev–Trinajstić information content (AvgIpc) is 3.20. The summed E-state index contributed by atoms with van der Waals surface area (Å²) in [6.07, 6.45) is 0. The summed E-state index contributed by atoms with van der Waals surface area (Å²) in [4.78, 5) is 15.3. The Balaban J connectivity index is 1.89. The number of carbonyl (C=O) groups excluding carboxylic acids is 1. The van der Waals surface area contributed by atoms with Crippen LogP contribution in [0.3, 0.4) is 0 Å². The van der Waals surface area contributed by atoms with Crippen LogP contribution in [0.5, 0.6) is 5.75 Å². The molecule has 1 N–H and O–H groups in total. The van der Waals surface area contributed by atoms with Gasteiger partial charge in [-0.1, -0.05) is 36.4 Å². The number of halogens is 1. The fraction of sp³-hybridized carbons (Fsp3) is 0.296. The molecule has 1 aliphatic heterocycles. The summed E-state index contributed by atoms with van der Waals surface area (Å²) >= 11 is 0. The molecule has 1 atom stereocenters. The van der Waals surface area contributed by atoms with Gasteiger partial charge in [0, 0.05) is 34.8 Å². The Morgan fingerprint density at radius 3 is 2.47 bits per heavy atom. The summed E-state index contributed by atoms with van der Waals surface area (Å²) < 4.78 is 30.9. The van der Waals surface area contributed by atoms with Crippen molar-refractivity contribution in [1.29, 1.82) is 0 Å². The van der Waals surface area contributed by atoms with Crippen molar-refractivity contribution in [3.63, 3.8) is 0 Å². The number of fused-ring (bicyclic) bond motifs is 3. The molecular formula is C27H26FNO5. The Morgan fingerprint density at radius 2 is 1.79 bits per heavy atom. The topological polar surface area (TPSA) is 72.1 Å². The second kappa shape index (κ2) is 9.08. The van der Waals surface area contributed by atoms with E-state index >= 15 is 0 Å². The number of aryl methyl sites for hydroxylation is 1. The van der Waals surface area contributed by atoms with Crippen molar-refractivity contribution in [2.45, 2.75) is 19.9 Å². The normalized spacial score (nSPS) is 15.6. The molecule has 4 aromatic rings. The van der Waals surface area contributed by atoms with Crippen LogP contribution in [0.2, 0.25) is 0 Å². The number of carbonyl (C=O) groups is 1. The Labute approximate surface area is 196 Å². The largest absolute Gasteiger partial charge is 0.507 e. The minimum absolute atomic E-state index is 0.0651. The summed E-state index contributed by atoms with van der Waals surface area (Å²) in [5, 5.41) is 13.5. The highest BCUT2D eigenvalue weighted by Crippen LogP contribution is 2.47. The van der Waals surface area contributed by atoms with Gasteiger partial charge in [0.2, 0.25) is 0 Å². The van der Waals surface area contributed by atoms with Gasteiger partial charge in [0.15, 0.2) is 0 Å². The third-order valence-electron chi connectivity index (χ3n) is 6.39. The van der Waals surface area contributed by atoms with Crippen LogP contribution in [0.25, 0.3) is 21.7 Å². The molecule has 3 aromatic carbocycles. The lowest BCUT2D eigenvalue weighted by Crippen LogP contribution is -2.39. The molecule has 0 aliphatic carbocycles. The van der Waals surface area contributed by atoms with E-state index in [1.807, 2.05) is 24.3 Å². The lowest BCUT2D eigenvalue weighted by Gasteiger charge is -2.36. The number of ether oxygens (including phenoxy) is 2. The van der Waals surface area contributed by atoms with E-state index in [-0.39, 0.29) is 18.2 Å². The van der Waals surface area contributed by atoms with Gasteiger partial charge in [0.05, 0.1) is 25.9 Å². The zero-order valence-corrected chi connectivity index (χ0v) is 19.1. The van der Waals surface area contributed by atoms with Gasteiger partial charge in [-0.25, -0.2) is 9.18 Å². The quantitative estimate of drug-likeness (QED) is 0.403. The van der Waals surface area contributed by atoms with E-state index in [4.69, 9.17) is 13.9 Å². The molecule has 176 valence electrons. The molecule has 0 bridgehead atoms. The highest BCUT2D eigenvalue weighted by Gasteiger charge is 2.34. The summed E-state index contributed by atoms with van der Waals surface area (Å²) in [5.74, 6) is -0.362. The lowest BCUT2D eigenvalue weighted by atomic mass is 9.88. The van der Waals surface area contributed by atoms with Gasteiger partial charge >= 0.3 is 5.97 Å². The monoisotopic (exact) mass is 463 g/mol. The van der Waals surface area contributed by atoms with Crippen LogP contribution < -0.4 is 0 Å². The van der Waals surface area contributed by atoms with Gasteiger partial charge in [0.25, 0.3) is 0 Å². The smallest absolute Gasteiger partial charge is 0.342 e. The summed E-state index contributed by atoms with van der Waals surface area (Å²) in [7, 11) is 0. The molecule has 5 rings (SSSR count).